The smallest absolute Gasteiger partial charge is 0.244 e. The third kappa shape index (κ3) is 3.54. The molecule has 0 aliphatic carbocycles. The van der Waals surface area contributed by atoms with Gasteiger partial charge in [-0.1, -0.05) is 13.3 Å². The fourth-order valence-electron chi connectivity index (χ4n) is 5.22. The Labute approximate surface area is 171 Å². The van der Waals surface area contributed by atoms with Gasteiger partial charge < -0.3 is 20.6 Å². The number of unbranched alkanes of at least 4 members (excludes halogenated alkanes) is 3. The minimum absolute atomic E-state index is 0.0389. The van der Waals surface area contributed by atoms with Crippen LogP contribution in [0.1, 0.15) is 51.9 Å². The van der Waals surface area contributed by atoms with Crippen molar-refractivity contribution in [2.45, 2.75) is 67.9 Å². The first kappa shape index (κ1) is 21.4. The molecule has 158 valence electrons. The molecular weight excluding hydrogens is 378 g/mol. The number of hydrogen-bond acceptors (Lipinski definition) is 5. The monoisotopic (exact) mass is 411 g/mol. The Balaban J connectivity index is 1.85. The number of carbonyl (C=O) groups is 3. The molecule has 0 aromatic rings. The molecule has 7 nitrogen and oxygen atoms in total. The lowest BCUT2D eigenvalue weighted by Gasteiger charge is -2.34. The van der Waals surface area contributed by atoms with Crippen molar-refractivity contribution < 1.29 is 19.5 Å². The Bertz CT molecular complexity index is 616. The standard InChI is InChI=1S/C20H33N3O4S/c1-3-4-10-22-18(26)16-20-9-8-13(28-20)14(17(25)21-2)15(20)19(27)23(16)11-6-5-7-12-24/h13-16,24H,3-12H2,1-2H3,(H,21,25)(H,22,26)/t13-,14+,15-,16?,20?/m0/s1. The van der Waals surface area contributed by atoms with Gasteiger partial charge in [0.1, 0.15) is 6.04 Å². The Morgan fingerprint density at radius 1 is 1.25 bits per heavy atom. The predicted octanol–water partition coefficient (Wildman–Crippen LogP) is 0.903. The van der Waals surface area contributed by atoms with E-state index in [1.54, 1.807) is 23.7 Å². The molecule has 3 heterocycles. The quantitative estimate of drug-likeness (QED) is 0.464. The van der Waals surface area contributed by atoms with Gasteiger partial charge in [0.15, 0.2) is 0 Å². The summed E-state index contributed by atoms with van der Waals surface area (Å²) in [6, 6.07) is -0.499. The number of nitrogens with one attached hydrogen (secondary N) is 2. The molecule has 0 aromatic carbocycles. The van der Waals surface area contributed by atoms with Crippen molar-refractivity contribution in [3.05, 3.63) is 0 Å². The van der Waals surface area contributed by atoms with Crippen LogP contribution in [0.4, 0.5) is 0 Å². The van der Waals surface area contributed by atoms with E-state index in [1.165, 1.54) is 0 Å². The molecule has 2 unspecified atom stereocenters. The molecule has 3 N–H and O–H groups in total. The maximum Gasteiger partial charge on any atom is 0.244 e. The number of likely N-dealkylation sites (tertiary alicyclic amines) is 1. The third-order valence-corrected chi connectivity index (χ3v) is 8.44. The van der Waals surface area contributed by atoms with Crippen molar-refractivity contribution in [3.63, 3.8) is 0 Å². The Kier molecular flexibility index (Phi) is 6.91. The van der Waals surface area contributed by atoms with Gasteiger partial charge in [-0.15, -0.1) is 11.8 Å². The van der Waals surface area contributed by atoms with Gasteiger partial charge in [0.2, 0.25) is 17.7 Å². The van der Waals surface area contributed by atoms with Gasteiger partial charge in [-0.05, 0) is 38.5 Å². The van der Waals surface area contributed by atoms with Gasteiger partial charge in [-0.3, -0.25) is 14.4 Å². The average Bonchev–Trinajstić information content (AvgIpc) is 3.32. The summed E-state index contributed by atoms with van der Waals surface area (Å²) in [5.74, 6) is -0.939. The summed E-state index contributed by atoms with van der Waals surface area (Å²) < 4.78 is -0.480. The first-order chi connectivity index (χ1) is 13.5. The number of aliphatic hydroxyl groups excluding tert-OH is 1. The molecule has 1 spiro atoms. The second-order valence-electron chi connectivity index (χ2n) is 8.13. The molecule has 2 bridgehead atoms. The van der Waals surface area contributed by atoms with Crippen LogP contribution in [-0.4, -0.2) is 70.5 Å². The van der Waals surface area contributed by atoms with Gasteiger partial charge in [0, 0.05) is 32.0 Å². The van der Waals surface area contributed by atoms with Crippen LogP contribution in [0.3, 0.4) is 0 Å². The van der Waals surface area contributed by atoms with Gasteiger partial charge >= 0.3 is 0 Å². The van der Waals surface area contributed by atoms with Crippen LogP contribution in [-0.2, 0) is 14.4 Å². The minimum Gasteiger partial charge on any atom is -0.396 e. The third-order valence-electron chi connectivity index (χ3n) is 6.48. The zero-order chi connectivity index (χ0) is 20.3. The fraction of sp³-hybridized carbons (Fsp3) is 0.850. The summed E-state index contributed by atoms with van der Waals surface area (Å²) in [5, 5.41) is 14.9. The number of nitrogens with zero attached hydrogens (tertiary/aromatic N) is 1. The van der Waals surface area contributed by atoms with Crippen LogP contribution in [0.15, 0.2) is 0 Å². The second kappa shape index (κ2) is 9.03. The lowest BCUT2D eigenvalue weighted by atomic mass is 9.71. The van der Waals surface area contributed by atoms with Crippen molar-refractivity contribution in [1.82, 2.24) is 15.5 Å². The predicted molar refractivity (Wildman–Crippen MR) is 109 cm³/mol. The zero-order valence-corrected chi connectivity index (χ0v) is 17.7. The van der Waals surface area contributed by atoms with Crippen LogP contribution < -0.4 is 10.6 Å². The van der Waals surface area contributed by atoms with E-state index in [2.05, 4.69) is 17.6 Å². The Morgan fingerprint density at radius 3 is 2.71 bits per heavy atom. The average molecular weight is 412 g/mol. The van der Waals surface area contributed by atoms with Crippen molar-refractivity contribution in [2.24, 2.45) is 11.8 Å². The van der Waals surface area contributed by atoms with Crippen molar-refractivity contribution in [1.29, 1.82) is 0 Å². The summed E-state index contributed by atoms with van der Waals surface area (Å²) in [7, 11) is 1.62. The van der Waals surface area contributed by atoms with E-state index in [9.17, 15) is 14.4 Å². The maximum absolute atomic E-state index is 13.4. The molecule has 3 saturated heterocycles. The minimum atomic E-state index is -0.499. The summed E-state index contributed by atoms with van der Waals surface area (Å²) in [4.78, 5) is 40.9. The Morgan fingerprint density at radius 2 is 2.04 bits per heavy atom. The lowest BCUT2D eigenvalue weighted by Crippen LogP contribution is -2.53. The van der Waals surface area contributed by atoms with Crippen LogP contribution in [0.25, 0.3) is 0 Å². The molecule has 0 aromatic heterocycles. The number of amides is 3. The first-order valence-electron chi connectivity index (χ1n) is 10.6. The van der Waals surface area contributed by atoms with E-state index in [0.717, 1.165) is 38.5 Å². The van der Waals surface area contributed by atoms with Crippen molar-refractivity contribution in [2.75, 3.05) is 26.7 Å². The molecule has 3 aliphatic rings. The highest BCUT2D eigenvalue weighted by Gasteiger charge is 2.73. The SMILES string of the molecule is CCCCNC(=O)C1N(CCCCCO)C(=O)[C@@H]2[C@H](C(=O)NC)[C@@H]3CCC12S3. The van der Waals surface area contributed by atoms with Gasteiger partial charge in [0.25, 0.3) is 0 Å². The van der Waals surface area contributed by atoms with Crippen LogP contribution in [0.2, 0.25) is 0 Å². The molecule has 28 heavy (non-hydrogen) atoms. The molecular formula is C20H33N3O4S. The number of fused-ring (bicyclic) bond motifs is 1. The molecule has 0 radical (unpaired) electrons. The molecule has 3 rings (SSSR count). The summed E-state index contributed by atoms with van der Waals surface area (Å²) in [6.07, 6.45) is 5.87. The van der Waals surface area contributed by atoms with Gasteiger partial charge in [-0.2, -0.15) is 0 Å². The lowest BCUT2D eigenvalue weighted by molar-refractivity contribution is -0.140. The topological polar surface area (TPSA) is 98.7 Å². The van der Waals surface area contributed by atoms with Crippen LogP contribution in [0.5, 0.6) is 0 Å². The largest absolute Gasteiger partial charge is 0.396 e. The second-order valence-corrected chi connectivity index (χ2v) is 9.73. The maximum atomic E-state index is 13.4. The first-order valence-corrected chi connectivity index (χ1v) is 11.5. The van der Waals surface area contributed by atoms with Gasteiger partial charge in [0.05, 0.1) is 16.6 Å². The van der Waals surface area contributed by atoms with Crippen LogP contribution in [0, 0.1) is 11.8 Å². The summed E-state index contributed by atoms with van der Waals surface area (Å²) >= 11 is 1.70. The normalized spacial score (nSPS) is 33.2. The summed E-state index contributed by atoms with van der Waals surface area (Å²) in [6.45, 7) is 3.34. The van der Waals surface area contributed by atoms with Gasteiger partial charge in [-0.25, -0.2) is 0 Å². The van der Waals surface area contributed by atoms with E-state index >= 15 is 0 Å². The number of hydrogen-bond donors (Lipinski definition) is 3. The van der Waals surface area contributed by atoms with E-state index in [4.69, 9.17) is 5.11 Å². The van der Waals surface area contributed by atoms with Crippen molar-refractivity contribution >= 4 is 29.5 Å². The molecule has 8 heteroatoms. The highest BCUT2D eigenvalue weighted by molar-refractivity contribution is 8.02. The number of thioether (sulfide) groups is 1. The molecule has 3 aliphatic heterocycles. The van der Waals surface area contributed by atoms with E-state index in [-0.39, 0.29) is 35.5 Å². The molecule has 5 atom stereocenters. The zero-order valence-electron chi connectivity index (χ0n) is 16.9. The number of rotatable bonds is 10. The van der Waals surface area contributed by atoms with E-state index in [0.29, 0.717) is 19.5 Å². The summed E-state index contributed by atoms with van der Waals surface area (Å²) in [5.41, 5.74) is 0. The molecule has 0 saturated carbocycles. The molecule has 3 fully saturated rings. The number of carbonyl (C=O) groups excluding carboxylic acids is 3. The fourth-order valence-corrected chi connectivity index (χ4v) is 7.44. The van der Waals surface area contributed by atoms with Crippen molar-refractivity contribution in [3.8, 4) is 0 Å². The van der Waals surface area contributed by atoms with E-state index in [1.807, 2.05) is 0 Å². The van der Waals surface area contributed by atoms with Crippen LogP contribution >= 0.6 is 11.8 Å². The Hall–Kier alpha value is -1.28. The number of aliphatic hydroxyl groups is 1. The van der Waals surface area contributed by atoms with E-state index < -0.39 is 16.7 Å². The highest BCUT2D eigenvalue weighted by atomic mass is 32.2. The highest BCUT2D eigenvalue weighted by Crippen LogP contribution is 2.66. The molecule has 3 amide bonds.